The molecular weight excluding hydrogens is 420 g/mol. The number of hydrogen-bond acceptors (Lipinski definition) is 4. The van der Waals surface area contributed by atoms with Crippen LogP contribution in [0.1, 0.15) is 33.7 Å². The molecule has 2 aromatic carbocycles. The lowest BCUT2D eigenvalue weighted by Crippen LogP contribution is -2.30. The molecular formula is C25H28N4O2S. The molecule has 3 aromatic rings. The number of aryl methyl sites for hydroxylation is 3. The number of carbonyl (C=O) groups excluding carboxylic acids is 2. The van der Waals surface area contributed by atoms with E-state index in [1.165, 1.54) is 17.3 Å². The molecule has 1 N–H and O–H groups in total. The molecule has 0 radical (unpaired) electrons. The summed E-state index contributed by atoms with van der Waals surface area (Å²) < 4.78 is 1.97. The number of anilines is 1. The van der Waals surface area contributed by atoms with Crippen LogP contribution in [-0.2, 0) is 17.8 Å². The Balaban J connectivity index is 1.31. The number of fused-ring (bicyclic) bond motifs is 1. The van der Waals surface area contributed by atoms with Gasteiger partial charge in [0.15, 0.2) is 0 Å². The normalized spacial score (nSPS) is 12.6. The molecule has 4 rings (SSSR count). The monoisotopic (exact) mass is 448 g/mol. The lowest BCUT2D eigenvalue weighted by molar-refractivity contribution is -0.116. The zero-order valence-electron chi connectivity index (χ0n) is 18.5. The van der Waals surface area contributed by atoms with E-state index in [0.29, 0.717) is 17.9 Å². The van der Waals surface area contributed by atoms with Crippen LogP contribution in [0.5, 0.6) is 0 Å². The Hall–Kier alpha value is -3.06. The van der Waals surface area contributed by atoms with Crippen molar-refractivity contribution < 1.29 is 9.59 Å². The van der Waals surface area contributed by atoms with E-state index in [1.54, 1.807) is 0 Å². The van der Waals surface area contributed by atoms with Crippen molar-refractivity contribution in [3.8, 4) is 0 Å². The summed E-state index contributed by atoms with van der Waals surface area (Å²) in [6, 6.07) is 17.6. The molecule has 0 unspecified atom stereocenters. The highest BCUT2D eigenvalue weighted by Gasteiger charge is 2.24. The summed E-state index contributed by atoms with van der Waals surface area (Å²) in [5, 5.41) is 7.45. The second-order valence-corrected chi connectivity index (χ2v) is 8.99. The van der Waals surface area contributed by atoms with Crippen LogP contribution in [0.25, 0.3) is 0 Å². The van der Waals surface area contributed by atoms with Gasteiger partial charge in [0, 0.05) is 35.9 Å². The molecule has 32 heavy (non-hydrogen) atoms. The van der Waals surface area contributed by atoms with Gasteiger partial charge in [0.1, 0.15) is 0 Å². The van der Waals surface area contributed by atoms with Crippen molar-refractivity contribution in [2.45, 2.75) is 38.1 Å². The van der Waals surface area contributed by atoms with Crippen molar-refractivity contribution in [2.75, 3.05) is 23.7 Å². The van der Waals surface area contributed by atoms with Crippen LogP contribution in [0, 0.1) is 13.8 Å². The summed E-state index contributed by atoms with van der Waals surface area (Å²) in [7, 11) is 0. The fourth-order valence-corrected chi connectivity index (χ4v) is 4.95. The van der Waals surface area contributed by atoms with Gasteiger partial charge < -0.3 is 10.2 Å². The van der Waals surface area contributed by atoms with Gasteiger partial charge in [-0.15, -0.1) is 11.8 Å². The van der Waals surface area contributed by atoms with E-state index in [1.807, 2.05) is 72.0 Å². The summed E-state index contributed by atoms with van der Waals surface area (Å²) in [4.78, 5) is 28.3. The second-order valence-electron chi connectivity index (χ2n) is 7.97. The first-order valence-corrected chi connectivity index (χ1v) is 11.9. The largest absolute Gasteiger partial charge is 0.352 e. The molecule has 1 aliphatic heterocycles. The predicted octanol–water partition coefficient (Wildman–Crippen LogP) is 4.00. The van der Waals surface area contributed by atoms with Gasteiger partial charge in [0.25, 0.3) is 5.91 Å². The van der Waals surface area contributed by atoms with Gasteiger partial charge in [0.05, 0.1) is 17.0 Å². The van der Waals surface area contributed by atoms with Crippen molar-refractivity contribution in [2.24, 2.45) is 0 Å². The van der Waals surface area contributed by atoms with E-state index in [0.717, 1.165) is 47.9 Å². The minimum atomic E-state index is -0.111. The lowest BCUT2D eigenvalue weighted by atomic mass is 10.2. The highest BCUT2D eigenvalue weighted by molar-refractivity contribution is 8.00. The smallest absolute Gasteiger partial charge is 0.252 e. The lowest BCUT2D eigenvalue weighted by Gasteiger charge is -2.17. The summed E-state index contributed by atoms with van der Waals surface area (Å²) in [5.41, 5.74) is 4.96. The molecule has 2 amide bonds. The molecule has 7 heteroatoms. The van der Waals surface area contributed by atoms with Gasteiger partial charge in [-0.1, -0.05) is 30.3 Å². The highest BCUT2D eigenvalue weighted by Crippen LogP contribution is 2.29. The maximum absolute atomic E-state index is 12.8. The molecule has 0 atom stereocenters. The fourth-order valence-electron chi connectivity index (χ4n) is 4.02. The van der Waals surface area contributed by atoms with Gasteiger partial charge >= 0.3 is 0 Å². The molecule has 0 bridgehead atoms. The molecule has 1 aromatic heterocycles. The van der Waals surface area contributed by atoms with Crippen LogP contribution in [0.2, 0.25) is 0 Å². The van der Waals surface area contributed by atoms with Crippen LogP contribution in [-0.4, -0.2) is 40.4 Å². The SMILES string of the molecule is Cc1cc(C)n(CCCNC(=O)c2ccccc2SCC(=O)N2CCc3ccccc32)n1. The van der Waals surface area contributed by atoms with Crippen molar-refractivity contribution in [1.29, 1.82) is 0 Å². The zero-order chi connectivity index (χ0) is 22.5. The van der Waals surface area contributed by atoms with E-state index in [-0.39, 0.29) is 11.8 Å². The Morgan fingerprint density at radius 2 is 1.88 bits per heavy atom. The van der Waals surface area contributed by atoms with Gasteiger partial charge in [-0.25, -0.2) is 0 Å². The van der Waals surface area contributed by atoms with Crippen LogP contribution < -0.4 is 10.2 Å². The van der Waals surface area contributed by atoms with Crippen molar-refractivity contribution in [1.82, 2.24) is 15.1 Å². The Labute approximate surface area is 193 Å². The third kappa shape index (κ3) is 5.05. The van der Waals surface area contributed by atoms with Gasteiger partial charge in [-0.05, 0) is 56.5 Å². The number of amides is 2. The fraction of sp³-hybridized carbons (Fsp3) is 0.320. The number of thioether (sulfide) groups is 1. The first-order valence-electron chi connectivity index (χ1n) is 10.9. The van der Waals surface area contributed by atoms with Crippen LogP contribution in [0.15, 0.2) is 59.5 Å². The van der Waals surface area contributed by atoms with Crippen LogP contribution in [0.4, 0.5) is 5.69 Å². The maximum atomic E-state index is 12.8. The Morgan fingerprint density at radius 1 is 1.09 bits per heavy atom. The van der Waals surface area contributed by atoms with Crippen LogP contribution >= 0.6 is 11.8 Å². The third-order valence-electron chi connectivity index (χ3n) is 5.61. The van der Waals surface area contributed by atoms with Gasteiger partial charge in [0.2, 0.25) is 5.91 Å². The van der Waals surface area contributed by atoms with Crippen molar-refractivity contribution in [3.63, 3.8) is 0 Å². The summed E-state index contributed by atoms with van der Waals surface area (Å²) in [6.45, 7) is 6.07. The topological polar surface area (TPSA) is 67.2 Å². The molecule has 0 aliphatic carbocycles. The second kappa shape index (κ2) is 10.0. The third-order valence-corrected chi connectivity index (χ3v) is 6.66. The summed E-state index contributed by atoms with van der Waals surface area (Å²) >= 11 is 1.42. The summed E-state index contributed by atoms with van der Waals surface area (Å²) in [6.07, 6.45) is 1.69. The van der Waals surface area contributed by atoms with Crippen LogP contribution in [0.3, 0.4) is 0 Å². The van der Waals surface area contributed by atoms with E-state index in [2.05, 4.69) is 16.5 Å². The average Bonchev–Trinajstić information content (AvgIpc) is 3.37. The maximum Gasteiger partial charge on any atom is 0.252 e. The quantitative estimate of drug-likeness (QED) is 0.418. The first kappa shape index (κ1) is 22.1. The Bertz CT molecular complexity index is 1120. The highest BCUT2D eigenvalue weighted by atomic mass is 32.2. The van der Waals surface area contributed by atoms with E-state index >= 15 is 0 Å². The van der Waals surface area contributed by atoms with Gasteiger partial charge in [-0.2, -0.15) is 5.10 Å². The standard InChI is InChI=1S/C25H28N4O2S/c1-18-16-19(2)29(27-18)14-7-13-26-25(31)21-9-4-6-11-23(21)32-17-24(30)28-15-12-20-8-3-5-10-22(20)28/h3-6,8-11,16H,7,12-15,17H2,1-2H3,(H,26,31). The minimum absolute atomic E-state index is 0.0695. The number of nitrogens with zero attached hydrogens (tertiary/aromatic N) is 3. The van der Waals surface area contributed by atoms with Crippen molar-refractivity contribution in [3.05, 3.63) is 77.1 Å². The Morgan fingerprint density at radius 3 is 2.69 bits per heavy atom. The zero-order valence-corrected chi connectivity index (χ0v) is 19.3. The average molecular weight is 449 g/mol. The number of aromatic nitrogens is 2. The predicted molar refractivity (Wildman–Crippen MR) is 128 cm³/mol. The molecule has 0 saturated heterocycles. The van der Waals surface area contributed by atoms with Crippen molar-refractivity contribution >= 4 is 29.3 Å². The minimum Gasteiger partial charge on any atom is -0.352 e. The molecule has 166 valence electrons. The Kier molecular flexibility index (Phi) is 6.95. The summed E-state index contributed by atoms with van der Waals surface area (Å²) in [5.74, 6) is 0.261. The molecule has 2 heterocycles. The molecule has 0 fully saturated rings. The molecule has 0 spiro atoms. The number of para-hydroxylation sites is 1. The number of rotatable bonds is 8. The van der Waals surface area contributed by atoms with E-state index in [9.17, 15) is 9.59 Å². The van der Waals surface area contributed by atoms with E-state index in [4.69, 9.17) is 0 Å². The first-order chi connectivity index (χ1) is 15.5. The number of benzene rings is 2. The molecule has 0 saturated carbocycles. The molecule has 6 nitrogen and oxygen atoms in total. The number of hydrogen-bond donors (Lipinski definition) is 1. The number of carbonyl (C=O) groups is 2. The molecule has 1 aliphatic rings. The van der Waals surface area contributed by atoms with Gasteiger partial charge in [-0.3, -0.25) is 14.3 Å². The van der Waals surface area contributed by atoms with E-state index < -0.39 is 0 Å². The number of nitrogens with one attached hydrogen (secondary N) is 1.